The third-order valence-electron chi connectivity index (χ3n) is 4.59. The van der Waals surface area contributed by atoms with Crippen molar-refractivity contribution in [3.8, 4) is 0 Å². The molecule has 0 aliphatic heterocycles. The number of carbonyl (C=O) groups excluding carboxylic acids is 1. The highest BCUT2D eigenvalue weighted by Crippen LogP contribution is 2.27. The Kier molecular flexibility index (Phi) is 6.43. The van der Waals surface area contributed by atoms with E-state index in [1.807, 2.05) is 6.07 Å². The average Bonchev–Trinajstić information content (AvgIpc) is 2.97. The van der Waals surface area contributed by atoms with Crippen LogP contribution in [0.4, 0.5) is 0 Å². The lowest BCUT2D eigenvalue weighted by Crippen LogP contribution is -2.26. The molecule has 0 amide bonds. The van der Waals surface area contributed by atoms with Gasteiger partial charge >= 0.3 is 0 Å². The Balaban J connectivity index is 1.80. The normalized spacial score (nSPS) is 16.5. The van der Waals surface area contributed by atoms with Gasteiger partial charge < -0.3 is 4.90 Å². The van der Waals surface area contributed by atoms with Crippen LogP contribution in [-0.2, 0) is 11.2 Å². The van der Waals surface area contributed by atoms with Gasteiger partial charge in [-0.15, -0.1) is 0 Å². The summed E-state index contributed by atoms with van der Waals surface area (Å²) in [4.78, 5) is 14.3. The van der Waals surface area contributed by atoms with Crippen LogP contribution in [0.5, 0.6) is 0 Å². The number of Topliss-reactive ketones (excluding diaryl/α,β-unsaturated/α-hetero) is 1. The molecule has 118 valence electrons. The maximum Gasteiger partial charge on any atom is 0.140 e. The molecule has 4 heteroatoms. The molecule has 2 rings (SSSR count). The van der Waals surface area contributed by atoms with Crippen molar-refractivity contribution in [2.24, 2.45) is 0 Å². The second-order valence-electron chi connectivity index (χ2n) is 6.07. The number of carbonyl (C=O) groups is 1. The molecule has 0 spiro atoms. The van der Waals surface area contributed by atoms with Crippen molar-refractivity contribution in [2.45, 2.75) is 64.8 Å². The predicted octanol–water partition coefficient (Wildman–Crippen LogP) is 3.23. The fraction of sp³-hybridized carbons (Fsp3) is 0.765. The summed E-state index contributed by atoms with van der Waals surface area (Å²) in [5.74, 6) is 0.302. The van der Waals surface area contributed by atoms with Crippen LogP contribution in [-0.4, -0.2) is 40.1 Å². The number of nitrogens with zero attached hydrogens (tertiary/aromatic N) is 3. The van der Waals surface area contributed by atoms with Gasteiger partial charge in [-0.1, -0.05) is 33.1 Å². The Labute approximate surface area is 128 Å². The molecule has 1 aromatic rings. The molecule has 0 atom stereocenters. The minimum atomic E-state index is 0.302. The Morgan fingerprint density at radius 1 is 1.29 bits per heavy atom. The monoisotopic (exact) mass is 291 g/mol. The topological polar surface area (TPSA) is 38.1 Å². The van der Waals surface area contributed by atoms with Crippen LogP contribution in [0.1, 0.15) is 64.1 Å². The lowest BCUT2D eigenvalue weighted by Gasteiger charge is -2.21. The molecule has 1 aliphatic rings. The maximum atomic E-state index is 12.1. The minimum absolute atomic E-state index is 0.302. The van der Waals surface area contributed by atoms with Crippen LogP contribution in [0, 0.1) is 0 Å². The van der Waals surface area contributed by atoms with Gasteiger partial charge in [0.25, 0.3) is 0 Å². The third-order valence-corrected chi connectivity index (χ3v) is 4.59. The second-order valence-corrected chi connectivity index (χ2v) is 6.07. The van der Waals surface area contributed by atoms with E-state index in [9.17, 15) is 4.79 Å². The molecule has 0 radical (unpaired) electrons. The van der Waals surface area contributed by atoms with Crippen molar-refractivity contribution in [1.82, 2.24) is 14.7 Å². The van der Waals surface area contributed by atoms with Gasteiger partial charge in [-0.2, -0.15) is 5.10 Å². The first-order valence-corrected chi connectivity index (χ1v) is 8.51. The summed E-state index contributed by atoms with van der Waals surface area (Å²) >= 11 is 0. The molecule has 1 heterocycles. The summed E-state index contributed by atoms with van der Waals surface area (Å²) in [6, 6.07) is 2.57. The molecule has 0 aromatic carbocycles. The molecule has 21 heavy (non-hydrogen) atoms. The predicted molar refractivity (Wildman–Crippen MR) is 85.5 cm³/mol. The number of rotatable bonds is 8. The Morgan fingerprint density at radius 3 is 2.67 bits per heavy atom. The minimum Gasteiger partial charge on any atom is -0.303 e. The van der Waals surface area contributed by atoms with Crippen LogP contribution in [0.2, 0.25) is 0 Å². The highest BCUT2D eigenvalue weighted by molar-refractivity contribution is 5.80. The zero-order valence-corrected chi connectivity index (χ0v) is 13.6. The molecule has 0 bridgehead atoms. The van der Waals surface area contributed by atoms with E-state index >= 15 is 0 Å². The summed E-state index contributed by atoms with van der Waals surface area (Å²) in [7, 11) is 0. The van der Waals surface area contributed by atoms with E-state index in [2.05, 4.69) is 34.7 Å². The molecular formula is C17H29N3O. The molecule has 1 aromatic heterocycles. The van der Waals surface area contributed by atoms with Gasteiger partial charge in [0.2, 0.25) is 0 Å². The summed E-state index contributed by atoms with van der Waals surface area (Å²) in [6.07, 6.45) is 9.62. The van der Waals surface area contributed by atoms with Crippen LogP contribution in [0.15, 0.2) is 12.3 Å². The molecular weight excluding hydrogens is 262 g/mol. The molecule has 1 saturated carbocycles. The van der Waals surface area contributed by atoms with E-state index in [0.29, 0.717) is 24.7 Å². The summed E-state index contributed by atoms with van der Waals surface area (Å²) in [5, 5.41) is 4.62. The number of hydrogen-bond acceptors (Lipinski definition) is 3. The lowest BCUT2D eigenvalue weighted by atomic mass is 9.96. The largest absolute Gasteiger partial charge is 0.303 e. The first kappa shape index (κ1) is 16.2. The van der Waals surface area contributed by atoms with E-state index in [0.717, 1.165) is 25.3 Å². The molecule has 0 unspecified atom stereocenters. The quantitative estimate of drug-likeness (QED) is 0.738. The van der Waals surface area contributed by atoms with E-state index in [1.54, 1.807) is 0 Å². The summed E-state index contributed by atoms with van der Waals surface area (Å²) in [6.45, 7) is 7.18. The maximum absolute atomic E-state index is 12.1. The fourth-order valence-electron chi connectivity index (χ4n) is 3.13. The van der Waals surface area contributed by atoms with Gasteiger partial charge in [-0.05, 0) is 32.0 Å². The lowest BCUT2D eigenvalue weighted by molar-refractivity contribution is -0.118. The SMILES string of the molecule is CCN(CC)CCC(=O)Cc1ccn(C2CCCCC2)n1. The molecule has 1 fully saturated rings. The number of ketones is 1. The highest BCUT2D eigenvalue weighted by atomic mass is 16.1. The zero-order chi connectivity index (χ0) is 15.1. The highest BCUT2D eigenvalue weighted by Gasteiger charge is 2.16. The Morgan fingerprint density at radius 2 is 2.00 bits per heavy atom. The number of hydrogen-bond donors (Lipinski definition) is 0. The van der Waals surface area contributed by atoms with Gasteiger partial charge in [0.15, 0.2) is 0 Å². The summed E-state index contributed by atoms with van der Waals surface area (Å²) < 4.78 is 2.09. The average molecular weight is 291 g/mol. The molecule has 1 aliphatic carbocycles. The van der Waals surface area contributed by atoms with E-state index in [4.69, 9.17) is 0 Å². The Bertz CT molecular complexity index is 431. The van der Waals surface area contributed by atoms with Gasteiger partial charge in [0.05, 0.1) is 18.2 Å². The van der Waals surface area contributed by atoms with E-state index in [1.165, 1.54) is 32.1 Å². The van der Waals surface area contributed by atoms with Crippen molar-refractivity contribution in [1.29, 1.82) is 0 Å². The summed E-state index contributed by atoms with van der Waals surface area (Å²) in [5.41, 5.74) is 0.935. The van der Waals surface area contributed by atoms with Crippen LogP contribution in [0.25, 0.3) is 0 Å². The third kappa shape index (κ3) is 4.95. The fourth-order valence-corrected chi connectivity index (χ4v) is 3.13. The molecule has 4 nitrogen and oxygen atoms in total. The smallest absolute Gasteiger partial charge is 0.140 e. The van der Waals surface area contributed by atoms with Crippen LogP contribution >= 0.6 is 0 Å². The second kappa shape index (κ2) is 8.32. The standard InChI is InChI=1S/C17H29N3O/c1-3-19(4-2)12-11-17(21)14-15-10-13-20(18-15)16-8-6-5-7-9-16/h10,13,16H,3-9,11-12,14H2,1-2H3. The van der Waals surface area contributed by atoms with Crippen molar-refractivity contribution in [2.75, 3.05) is 19.6 Å². The zero-order valence-electron chi connectivity index (χ0n) is 13.6. The van der Waals surface area contributed by atoms with Crippen LogP contribution < -0.4 is 0 Å². The molecule has 0 saturated heterocycles. The van der Waals surface area contributed by atoms with Crippen molar-refractivity contribution in [3.05, 3.63) is 18.0 Å². The first-order valence-electron chi connectivity index (χ1n) is 8.51. The van der Waals surface area contributed by atoms with Gasteiger partial charge in [-0.3, -0.25) is 9.48 Å². The van der Waals surface area contributed by atoms with E-state index in [-0.39, 0.29) is 0 Å². The first-order chi connectivity index (χ1) is 10.2. The van der Waals surface area contributed by atoms with Crippen molar-refractivity contribution >= 4 is 5.78 Å². The van der Waals surface area contributed by atoms with E-state index < -0.39 is 0 Å². The van der Waals surface area contributed by atoms with Gasteiger partial charge in [0, 0.05) is 19.2 Å². The van der Waals surface area contributed by atoms with Crippen molar-refractivity contribution < 1.29 is 4.79 Å². The van der Waals surface area contributed by atoms with Gasteiger partial charge in [0.1, 0.15) is 5.78 Å². The van der Waals surface area contributed by atoms with Crippen LogP contribution in [0.3, 0.4) is 0 Å². The van der Waals surface area contributed by atoms with Crippen molar-refractivity contribution in [3.63, 3.8) is 0 Å². The Hall–Kier alpha value is -1.16. The number of aromatic nitrogens is 2. The molecule has 0 N–H and O–H groups in total. The van der Waals surface area contributed by atoms with Gasteiger partial charge in [-0.25, -0.2) is 0 Å².